The summed E-state index contributed by atoms with van der Waals surface area (Å²) in [6.07, 6.45) is 2.08. The fraction of sp³-hybridized carbons (Fsp3) is 0.500. The summed E-state index contributed by atoms with van der Waals surface area (Å²) in [5, 5.41) is 0. The Morgan fingerprint density at radius 2 is 1.95 bits per heavy atom. The zero-order valence-electron chi connectivity index (χ0n) is 14.1. The summed E-state index contributed by atoms with van der Waals surface area (Å²) < 4.78 is 18.6. The molecule has 1 heterocycles. The van der Waals surface area contributed by atoms with E-state index >= 15 is 0 Å². The van der Waals surface area contributed by atoms with E-state index in [1.165, 1.54) is 19.2 Å². The van der Waals surface area contributed by atoms with Gasteiger partial charge in [0.15, 0.2) is 0 Å². The molecule has 0 radical (unpaired) electrons. The standard InChI is InChI=1S/C18H24FNO2/c1-11(2)16(17(21)22-6)20-15-8-7-13(19)9-14(15)12(3)10-18(20,4)5/h7-11,16H,1-6H3/t16-/m1/s1. The minimum atomic E-state index is -0.423. The lowest BCUT2D eigenvalue weighted by atomic mass is 9.85. The fourth-order valence-corrected chi connectivity index (χ4v) is 3.33. The van der Waals surface area contributed by atoms with E-state index < -0.39 is 6.04 Å². The minimum Gasteiger partial charge on any atom is -0.467 e. The smallest absolute Gasteiger partial charge is 0.328 e. The van der Waals surface area contributed by atoms with Crippen molar-refractivity contribution in [3.05, 3.63) is 35.7 Å². The maximum Gasteiger partial charge on any atom is 0.328 e. The topological polar surface area (TPSA) is 29.5 Å². The predicted octanol–water partition coefficient (Wildman–Crippen LogP) is 4.03. The van der Waals surface area contributed by atoms with Crippen molar-refractivity contribution in [2.75, 3.05) is 12.0 Å². The van der Waals surface area contributed by atoms with E-state index in [0.29, 0.717) is 0 Å². The molecule has 0 saturated heterocycles. The second kappa shape index (κ2) is 5.75. The molecule has 0 amide bonds. The maximum atomic E-state index is 13.6. The van der Waals surface area contributed by atoms with Crippen LogP contribution >= 0.6 is 0 Å². The quantitative estimate of drug-likeness (QED) is 0.790. The first-order valence-corrected chi connectivity index (χ1v) is 7.55. The summed E-state index contributed by atoms with van der Waals surface area (Å²) >= 11 is 0. The Bertz CT molecular complexity index is 620. The van der Waals surface area contributed by atoms with Crippen molar-refractivity contribution < 1.29 is 13.9 Å². The van der Waals surface area contributed by atoms with E-state index in [4.69, 9.17) is 4.74 Å². The third-order valence-electron chi connectivity index (χ3n) is 4.19. The number of carbonyl (C=O) groups is 1. The number of nitrogens with zero attached hydrogens (tertiary/aromatic N) is 1. The van der Waals surface area contributed by atoms with Gasteiger partial charge in [0.05, 0.1) is 12.6 Å². The first kappa shape index (κ1) is 16.5. The second-order valence-corrected chi connectivity index (χ2v) is 6.72. The minimum absolute atomic E-state index is 0.0661. The number of carbonyl (C=O) groups excluding carboxylic acids is 1. The molecular weight excluding hydrogens is 281 g/mol. The number of esters is 1. The molecule has 0 unspecified atom stereocenters. The number of ether oxygens (including phenoxy) is 1. The van der Waals surface area contributed by atoms with Crippen LogP contribution in [0.25, 0.3) is 5.57 Å². The lowest BCUT2D eigenvalue weighted by Crippen LogP contribution is -2.56. The molecular formula is C18H24FNO2. The van der Waals surface area contributed by atoms with Gasteiger partial charge in [0.1, 0.15) is 11.9 Å². The van der Waals surface area contributed by atoms with Gasteiger partial charge in [0.25, 0.3) is 0 Å². The zero-order chi connectivity index (χ0) is 16.7. The molecule has 0 aliphatic carbocycles. The van der Waals surface area contributed by atoms with Gasteiger partial charge in [0, 0.05) is 11.3 Å². The number of halogens is 1. The first-order valence-electron chi connectivity index (χ1n) is 7.55. The lowest BCUT2D eigenvalue weighted by molar-refractivity contribution is -0.143. The highest BCUT2D eigenvalue weighted by atomic mass is 19.1. The molecule has 0 saturated carbocycles. The average molecular weight is 305 g/mol. The van der Waals surface area contributed by atoms with Gasteiger partial charge in [-0.05, 0) is 50.5 Å². The van der Waals surface area contributed by atoms with Crippen LogP contribution in [0.15, 0.2) is 24.3 Å². The number of methoxy groups -OCH3 is 1. The molecule has 1 aromatic rings. The van der Waals surface area contributed by atoms with Crippen molar-refractivity contribution in [2.45, 2.75) is 46.2 Å². The van der Waals surface area contributed by atoms with Crippen molar-refractivity contribution in [1.29, 1.82) is 0 Å². The summed E-state index contributed by atoms with van der Waals surface area (Å²) in [7, 11) is 1.40. The average Bonchev–Trinajstić information content (AvgIpc) is 2.42. The van der Waals surface area contributed by atoms with Gasteiger partial charge in [-0.2, -0.15) is 0 Å². The predicted molar refractivity (Wildman–Crippen MR) is 87.3 cm³/mol. The van der Waals surface area contributed by atoms with E-state index in [2.05, 4.69) is 19.9 Å². The van der Waals surface area contributed by atoms with Crippen LogP contribution in [-0.2, 0) is 9.53 Å². The van der Waals surface area contributed by atoms with Crippen LogP contribution in [0.1, 0.15) is 40.2 Å². The number of benzene rings is 1. The normalized spacial score (nSPS) is 17.8. The molecule has 0 fully saturated rings. The van der Waals surface area contributed by atoms with E-state index in [0.717, 1.165) is 16.8 Å². The Kier molecular flexibility index (Phi) is 4.32. The maximum absolute atomic E-state index is 13.6. The molecule has 2 rings (SSSR count). The molecule has 0 bridgehead atoms. The Morgan fingerprint density at radius 1 is 1.32 bits per heavy atom. The summed E-state index contributed by atoms with van der Waals surface area (Å²) in [6.45, 7) is 10.1. The van der Waals surface area contributed by atoms with Crippen LogP contribution < -0.4 is 4.90 Å². The van der Waals surface area contributed by atoms with Gasteiger partial charge >= 0.3 is 5.97 Å². The molecule has 4 heteroatoms. The molecule has 1 aromatic carbocycles. The molecule has 1 aliphatic rings. The van der Waals surface area contributed by atoms with Gasteiger partial charge < -0.3 is 9.64 Å². The number of hydrogen-bond acceptors (Lipinski definition) is 3. The van der Waals surface area contributed by atoms with Gasteiger partial charge in [-0.25, -0.2) is 9.18 Å². The number of fused-ring (bicyclic) bond motifs is 1. The molecule has 1 aliphatic heterocycles. The number of hydrogen-bond donors (Lipinski definition) is 0. The van der Waals surface area contributed by atoms with Crippen LogP contribution in [0.4, 0.5) is 10.1 Å². The summed E-state index contributed by atoms with van der Waals surface area (Å²) in [4.78, 5) is 14.4. The number of allylic oxidation sites excluding steroid dienone is 1. The van der Waals surface area contributed by atoms with Crippen molar-refractivity contribution >= 4 is 17.2 Å². The highest BCUT2D eigenvalue weighted by Gasteiger charge is 2.41. The first-order chi connectivity index (χ1) is 10.2. The molecule has 0 aromatic heterocycles. The zero-order valence-corrected chi connectivity index (χ0v) is 14.1. The van der Waals surface area contributed by atoms with Gasteiger partial charge in [0.2, 0.25) is 0 Å². The second-order valence-electron chi connectivity index (χ2n) is 6.72. The van der Waals surface area contributed by atoms with E-state index in [-0.39, 0.29) is 23.2 Å². The molecule has 0 spiro atoms. The Morgan fingerprint density at radius 3 is 2.50 bits per heavy atom. The third kappa shape index (κ3) is 2.74. The molecule has 1 atom stereocenters. The largest absolute Gasteiger partial charge is 0.467 e. The SMILES string of the molecule is COC(=O)[C@@H](C(C)C)N1c2ccc(F)cc2C(C)=CC1(C)C. The molecule has 22 heavy (non-hydrogen) atoms. The van der Waals surface area contributed by atoms with Gasteiger partial charge in [-0.1, -0.05) is 19.9 Å². The van der Waals surface area contributed by atoms with Crippen LogP contribution in [0, 0.1) is 11.7 Å². The van der Waals surface area contributed by atoms with Crippen LogP contribution in [-0.4, -0.2) is 24.7 Å². The van der Waals surface area contributed by atoms with Crippen LogP contribution in [0.2, 0.25) is 0 Å². The van der Waals surface area contributed by atoms with E-state index in [1.54, 1.807) is 6.07 Å². The third-order valence-corrected chi connectivity index (χ3v) is 4.19. The van der Waals surface area contributed by atoms with Crippen molar-refractivity contribution in [1.82, 2.24) is 0 Å². The highest BCUT2D eigenvalue weighted by molar-refractivity contribution is 5.87. The van der Waals surface area contributed by atoms with Crippen molar-refractivity contribution in [3.63, 3.8) is 0 Å². The Hall–Kier alpha value is -1.84. The van der Waals surface area contributed by atoms with Crippen molar-refractivity contribution in [2.24, 2.45) is 5.92 Å². The summed E-state index contributed by atoms with van der Waals surface area (Å²) in [6, 6.07) is 4.29. The Balaban J connectivity index is 2.65. The highest BCUT2D eigenvalue weighted by Crippen LogP contribution is 2.41. The molecule has 0 N–H and O–H groups in total. The monoisotopic (exact) mass is 305 g/mol. The molecule has 120 valence electrons. The Labute approximate surface area is 131 Å². The van der Waals surface area contributed by atoms with Crippen LogP contribution in [0.5, 0.6) is 0 Å². The summed E-state index contributed by atoms with van der Waals surface area (Å²) in [5.41, 5.74) is 2.35. The van der Waals surface area contributed by atoms with Crippen molar-refractivity contribution in [3.8, 4) is 0 Å². The lowest BCUT2D eigenvalue weighted by Gasteiger charge is -2.47. The fourth-order valence-electron chi connectivity index (χ4n) is 3.33. The van der Waals surface area contributed by atoms with Crippen LogP contribution in [0.3, 0.4) is 0 Å². The van der Waals surface area contributed by atoms with Gasteiger partial charge in [-0.3, -0.25) is 0 Å². The summed E-state index contributed by atoms with van der Waals surface area (Å²) in [5.74, 6) is -0.479. The molecule has 3 nitrogen and oxygen atoms in total. The number of anilines is 1. The van der Waals surface area contributed by atoms with E-state index in [1.807, 2.05) is 25.7 Å². The van der Waals surface area contributed by atoms with E-state index in [9.17, 15) is 9.18 Å². The number of rotatable bonds is 3. The van der Waals surface area contributed by atoms with Gasteiger partial charge in [-0.15, -0.1) is 0 Å².